The molecule has 1 aromatic heterocycles. The molecule has 2 rings (SSSR count). The number of nitrogens with zero attached hydrogens (tertiary/aromatic N) is 1. The molecule has 20 heavy (non-hydrogen) atoms. The Hall–Kier alpha value is -1.22. The maximum atomic E-state index is 13.8. The SMILES string of the molecule is Nc1cc(Cl)cc(S(=O)(=O)NCCc2nccs2)c1F. The second-order valence-corrected chi connectivity index (χ2v) is 7.03. The van der Waals surface area contributed by atoms with Gasteiger partial charge in [0.2, 0.25) is 10.0 Å². The van der Waals surface area contributed by atoms with E-state index in [2.05, 4.69) is 9.71 Å². The van der Waals surface area contributed by atoms with E-state index < -0.39 is 20.7 Å². The minimum atomic E-state index is -4.00. The summed E-state index contributed by atoms with van der Waals surface area (Å²) in [6.07, 6.45) is 2.06. The number of nitrogens with two attached hydrogens (primary N) is 1. The van der Waals surface area contributed by atoms with Crippen molar-refractivity contribution in [3.05, 3.63) is 39.6 Å². The lowest BCUT2D eigenvalue weighted by Gasteiger charge is -2.09. The summed E-state index contributed by atoms with van der Waals surface area (Å²) in [7, 11) is -4.00. The monoisotopic (exact) mass is 335 g/mol. The molecule has 2 aromatic rings. The Morgan fingerprint density at radius 1 is 1.45 bits per heavy atom. The van der Waals surface area contributed by atoms with E-state index in [4.69, 9.17) is 17.3 Å². The molecule has 0 spiro atoms. The summed E-state index contributed by atoms with van der Waals surface area (Å²) in [4.78, 5) is 3.47. The van der Waals surface area contributed by atoms with Gasteiger partial charge in [-0.25, -0.2) is 22.5 Å². The van der Waals surface area contributed by atoms with Gasteiger partial charge in [0.25, 0.3) is 0 Å². The summed E-state index contributed by atoms with van der Waals surface area (Å²) < 4.78 is 40.1. The molecule has 9 heteroatoms. The third-order valence-corrected chi connectivity index (χ3v) is 4.95. The van der Waals surface area contributed by atoms with Crippen LogP contribution in [-0.2, 0) is 16.4 Å². The normalized spacial score (nSPS) is 11.7. The molecule has 0 bridgehead atoms. The van der Waals surface area contributed by atoms with Gasteiger partial charge in [0.05, 0.1) is 10.7 Å². The van der Waals surface area contributed by atoms with Crippen LogP contribution in [0.25, 0.3) is 0 Å². The van der Waals surface area contributed by atoms with Crippen LogP contribution in [0.3, 0.4) is 0 Å². The molecule has 3 N–H and O–H groups in total. The highest BCUT2D eigenvalue weighted by atomic mass is 35.5. The van der Waals surface area contributed by atoms with Gasteiger partial charge in [-0.05, 0) is 12.1 Å². The van der Waals surface area contributed by atoms with Crippen LogP contribution in [-0.4, -0.2) is 19.9 Å². The molecular formula is C11H11ClFN3O2S2. The minimum absolute atomic E-state index is 0.0594. The highest BCUT2D eigenvalue weighted by Gasteiger charge is 2.21. The van der Waals surface area contributed by atoms with Crippen molar-refractivity contribution >= 4 is 38.6 Å². The highest BCUT2D eigenvalue weighted by molar-refractivity contribution is 7.89. The van der Waals surface area contributed by atoms with E-state index >= 15 is 0 Å². The number of nitrogen functional groups attached to an aromatic ring is 1. The van der Waals surface area contributed by atoms with Crippen LogP contribution < -0.4 is 10.5 Å². The number of aromatic nitrogens is 1. The first-order valence-electron chi connectivity index (χ1n) is 5.52. The average Bonchev–Trinajstić information content (AvgIpc) is 2.86. The van der Waals surface area contributed by atoms with Gasteiger partial charge in [0.1, 0.15) is 4.90 Å². The van der Waals surface area contributed by atoms with Gasteiger partial charge in [-0.1, -0.05) is 11.6 Å². The summed E-state index contributed by atoms with van der Waals surface area (Å²) in [5.74, 6) is -1.00. The third kappa shape index (κ3) is 3.45. The predicted molar refractivity (Wildman–Crippen MR) is 76.8 cm³/mol. The lowest BCUT2D eigenvalue weighted by atomic mass is 10.3. The van der Waals surface area contributed by atoms with Crippen LogP contribution >= 0.6 is 22.9 Å². The number of nitrogens with one attached hydrogen (secondary N) is 1. The van der Waals surface area contributed by atoms with Gasteiger partial charge in [-0.3, -0.25) is 0 Å². The third-order valence-electron chi connectivity index (χ3n) is 2.44. The Labute approximate surface area is 124 Å². The molecule has 0 aliphatic heterocycles. The van der Waals surface area contributed by atoms with Gasteiger partial charge >= 0.3 is 0 Å². The molecule has 0 unspecified atom stereocenters. The maximum absolute atomic E-state index is 13.8. The quantitative estimate of drug-likeness (QED) is 0.819. The second kappa shape index (κ2) is 6.04. The number of halogens is 2. The van der Waals surface area contributed by atoms with Crippen molar-refractivity contribution in [2.45, 2.75) is 11.3 Å². The summed E-state index contributed by atoms with van der Waals surface area (Å²) in [5, 5.41) is 2.64. The first kappa shape index (κ1) is 15.2. The molecule has 0 aliphatic rings. The molecule has 0 saturated heterocycles. The molecule has 0 amide bonds. The molecule has 1 heterocycles. The largest absolute Gasteiger partial charge is 0.396 e. The average molecular weight is 336 g/mol. The number of hydrogen-bond acceptors (Lipinski definition) is 5. The van der Waals surface area contributed by atoms with Crippen molar-refractivity contribution in [2.75, 3.05) is 12.3 Å². The van der Waals surface area contributed by atoms with Crippen molar-refractivity contribution in [1.29, 1.82) is 0 Å². The molecular weight excluding hydrogens is 325 g/mol. The minimum Gasteiger partial charge on any atom is -0.396 e. The summed E-state index contributed by atoms with van der Waals surface area (Å²) >= 11 is 7.11. The summed E-state index contributed by atoms with van der Waals surface area (Å²) in [6, 6.07) is 2.18. The van der Waals surface area contributed by atoms with Crippen LogP contribution in [0.15, 0.2) is 28.6 Å². The number of thiazole rings is 1. The van der Waals surface area contributed by atoms with E-state index in [1.807, 2.05) is 0 Å². The fourth-order valence-corrected chi connectivity index (χ4v) is 3.60. The van der Waals surface area contributed by atoms with E-state index in [0.717, 1.165) is 17.1 Å². The van der Waals surface area contributed by atoms with E-state index in [1.54, 1.807) is 11.6 Å². The molecule has 0 atom stereocenters. The van der Waals surface area contributed by atoms with Crippen LogP contribution in [0.5, 0.6) is 0 Å². The Morgan fingerprint density at radius 3 is 2.85 bits per heavy atom. The van der Waals surface area contributed by atoms with Crippen molar-refractivity contribution in [1.82, 2.24) is 9.71 Å². The lowest BCUT2D eigenvalue weighted by Crippen LogP contribution is -2.27. The maximum Gasteiger partial charge on any atom is 0.243 e. The molecule has 0 saturated carbocycles. The molecule has 108 valence electrons. The predicted octanol–water partition coefficient (Wildman–Crippen LogP) is 2.04. The van der Waals surface area contributed by atoms with Crippen LogP contribution in [0, 0.1) is 5.82 Å². The van der Waals surface area contributed by atoms with Crippen molar-refractivity contribution in [3.8, 4) is 0 Å². The van der Waals surface area contributed by atoms with E-state index in [0.29, 0.717) is 6.42 Å². The zero-order chi connectivity index (χ0) is 14.8. The molecule has 0 radical (unpaired) electrons. The van der Waals surface area contributed by atoms with Gasteiger partial charge < -0.3 is 5.73 Å². The van der Waals surface area contributed by atoms with E-state index in [-0.39, 0.29) is 17.3 Å². The number of sulfonamides is 1. The van der Waals surface area contributed by atoms with Crippen LogP contribution in [0.2, 0.25) is 5.02 Å². The van der Waals surface area contributed by atoms with E-state index in [1.165, 1.54) is 11.3 Å². The smallest absolute Gasteiger partial charge is 0.243 e. The zero-order valence-electron chi connectivity index (χ0n) is 10.1. The Kier molecular flexibility index (Phi) is 4.59. The van der Waals surface area contributed by atoms with E-state index in [9.17, 15) is 12.8 Å². The fourth-order valence-electron chi connectivity index (χ4n) is 1.53. The first-order valence-corrected chi connectivity index (χ1v) is 8.27. The first-order chi connectivity index (χ1) is 9.40. The lowest BCUT2D eigenvalue weighted by molar-refractivity contribution is 0.559. The molecule has 0 aliphatic carbocycles. The number of benzene rings is 1. The summed E-state index contributed by atoms with van der Waals surface area (Å²) in [6.45, 7) is 0.113. The Bertz CT molecular complexity index is 705. The fraction of sp³-hybridized carbons (Fsp3) is 0.182. The summed E-state index contributed by atoms with van der Waals surface area (Å²) in [5.41, 5.74) is 5.06. The van der Waals surface area contributed by atoms with Gasteiger partial charge in [0.15, 0.2) is 5.82 Å². The van der Waals surface area contributed by atoms with Crippen molar-refractivity contribution in [3.63, 3.8) is 0 Å². The van der Waals surface area contributed by atoms with Gasteiger partial charge in [-0.2, -0.15) is 0 Å². The molecule has 5 nitrogen and oxygen atoms in total. The van der Waals surface area contributed by atoms with Crippen LogP contribution in [0.1, 0.15) is 5.01 Å². The Balaban J connectivity index is 2.14. The Morgan fingerprint density at radius 2 is 2.20 bits per heavy atom. The molecule has 0 fully saturated rings. The molecule has 1 aromatic carbocycles. The van der Waals surface area contributed by atoms with Crippen LogP contribution in [0.4, 0.5) is 10.1 Å². The number of anilines is 1. The topological polar surface area (TPSA) is 85.1 Å². The van der Waals surface area contributed by atoms with Crippen molar-refractivity contribution in [2.24, 2.45) is 0 Å². The highest BCUT2D eigenvalue weighted by Crippen LogP contribution is 2.25. The van der Waals surface area contributed by atoms with Gasteiger partial charge in [0, 0.05) is 29.6 Å². The number of rotatable bonds is 5. The van der Waals surface area contributed by atoms with Gasteiger partial charge in [-0.15, -0.1) is 11.3 Å². The standard InChI is InChI=1S/C11H11ClFN3O2S2/c12-7-5-8(14)11(13)9(6-7)20(17,18)16-2-1-10-15-3-4-19-10/h3-6,16H,1-2,14H2. The van der Waals surface area contributed by atoms with Crippen molar-refractivity contribution < 1.29 is 12.8 Å². The zero-order valence-corrected chi connectivity index (χ0v) is 12.5. The number of hydrogen-bond donors (Lipinski definition) is 2. The second-order valence-electron chi connectivity index (χ2n) is 3.88.